The Balaban J connectivity index is 1.50. The monoisotopic (exact) mass is 518 g/mol. The molecule has 194 valence electrons. The van der Waals surface area contributed by atoms with Crippen LogP contribution < -0.4 is 10.1 Å². The maximum atomic E-state index is 13.7. The SMILES string of the molecule is CCCOc1ccccc1C1C(C(=O)OC2CCCCC2)=C(C)Nc2nc(SCc3ccccc3)nn21. The number of thioether (sulfide) groups is 1. The van der Waals surface area contributed by atoms with E-state index in [1.807, 2.05) is 54.1 Å². The molecule has 2 aliphatic rings. The number of para-hydroxylation sites is 1. The van der Waals surface area contributed by atoms with Crippen LogP contribution in [0.4, 0.5) is 5.95 Å². The van der Waals surface area contributed by atoms with Crippen molar-refractivity contribution in [1.82, 2.24) is 14.8 Å². The summed E-state index contributed by atoms with van der Waals surface area (Å²) in [6.45, 7) is 4.58. The summed E-state index contributed by atoms with van der Waals surface area (Å²) in [6, 6.07) is 17.6. The predicted octanol–water partition coefficient (Wildman–Crippen LogP) is 6.52. The molecule has 2 heterocycles. The van der Waals surface area contributed by atoms with Crippen molar-refractivity contribution in [3.63, 3.8) is 0 Å². The van der Waals surface area contributed by atoms with Gasteiger partial charge >= 0.3 is 5.97 Å². The highest BCUT2D eigenvalue weighted by Gasteiger charge is 2.37. The normalized spacial score (nSPS) is 17.7. The van der Waals surface area contributed by atoms with Gasteiger partial charge < -0.3 is 14.8 Å². The number of esters is 1. The lowest BCUT2D eigenvalue weighted by atomic mass is 9.94. The summed E-state index contributed by atoms with van der Waals surface area (Å²) in [6.07, 6.45) is 6.08. The first-order valence-electron chi connectivity index (χ1n) is 13.2. The van der Waals surface area contributed by atoms with Crippen molar-refractivity contribution in [3.05, 3.63) is 77.0 Å². The smallest absolute Gasteiger partial charge is 0.338 e. The van der Waals surface area contributed by atoms with Crippen LogP contribution in [-0.4, -0.2) is 33.4 Å². The summed E-state index contributed by atoms with van der Waals surface area (Å²) >= 11 is 1.57. The number of anilines is 1. The number of rotatable bonds is 9. The third-order valence-corrected chi connectivity index (χ3v) is 7.67. The Labute approximate surface area is 222 Å². The Bertz CT molecular complexity index is 1250. The maximum absolute atomic E-state index is 13.7. The second-order valence-electron chi connectivity index (χ2n) is 9.55. The molecular formula is C29H34N4O3S. The number of hydrogen-bond acceptors (Lipinski definition) is 7. The number of nitrogens with one attached hydrogen (secondary N) is 1. The van der Waals surface area contributed by atoms with Gasteiger partial charge in [0.2, 0.25) is 11.1 Å². The van der Waals surface area contributed by atoms with Crippen LogP contribution in [0.2, 0.25) is 0 Å². The first-order chi connectivity index (χ1) is 18.1. The van der Waals surface area contributed by atoms with Gasteiger partial charge in [0.05, 0.1) is 12.2 Å². The largest absolute Gasteiger partial charge is 0.493 e. The van der Waals surface area contributed by atoms with Crippen LogP contribution in [0.5, 0.6) is 5.75 Å². The van der Waals surface area contributed by atoms with E-state index in [1.165, 1.54) is 12.0 Å². The quantitative estimate of drug-likeness (QED) is 0.255. The molecule has 0 saturated heterocycles. The van der Waals surface area contributed by atoms with Gasteiger partial charge in [-0.15, -0.1) is 5.10 Å². The zero-order chi connectivity index (χ0) is 25.6. The second-order valence-corrected chi connectivity index (χ2v) is 10.5. The van der Waals surface area contributed by atoms with Crippen LogP contribution in [0.1, 0.15) is 69.5 Å². The molecule has 8 heteroatoms. The molecule has 0 bridgehead atoms. The van der Waals surface area contributed by atoms with Gasteiger partial charge in [0.1, 0.15) is 17.9 Å². The van der Waals surface area contributed by atoms with E-state index < -0.39 is 6.04 Å². The van der Waals surface area contributed by atoms with E-state index in [0.717, 1.165) is 54.9 Å². The summed E-state index contributed by atoms with van der Waals surface area (Å²) in [7, 11) is 0. The minimum Gasteiger partial charge on any atom is -0.493 e. The molecule has 0 radical (unpaired) electrons. The van der Waals surface area contributed by atoms with Gasteiger partial charge in [-0.3, -0.25) is 0 Å². The highest BCUT2D eigenvalue weighted by atomic mass is 32.2. The lowest BCUT2D eigenvalue weighted by Crippen LogP contribution is -2.32. The van der Waals surface area contributed by atoms with Crippen LogP contribution >= 0.6 is 11.8 Å². The second kappa shape index (κ2) is 11.9. The first-order valence-corrected chi connectivity index (χ1v) is 14.2. The van der Waals surface area contributed by atoms with Crippen molar-refractivity contribution in [2.24, 2.45) is 0 Å². The highest BCUT2D eigenvalue weighted by molar-refractivity contribution is 7.98. The van der Waals surface area contributed by atoms with Crippen molar-refractivity contribution in [2.45, 2.75) is 75.4 Å². The molecule has 7 nitrogen and oxygen atoms in total. The Morgan fingerprint density at radius 3 is 2.62 bits per heavy atom. The first kappa shape index (κ1) is 25.4. The van der Waals surface area contributed by atoms with Gasteiger partial charge in [-0.2, -0.15) is 4.98 Å². The van der Waals surface area contributed by atoms with E-state index in [4.69, 9.17) is 19.6 Å². The van der Waals surface area contributed by atoms with E-state index in [0.29, 0.717) is 23.3 Å². The number of carbonyl (C=O) groups excluding carboxylic acids is 1. The van der Waals surface area contributed by atoms with E-state index in [-0.39, 0.29) is 12.1 Å². The average molecular weight is 519 g/mol. The van der Waals surface area contributed by atoms with Crippen LogP contribution in [-0.2, 0) is 15.3 Å². The molecular weight excluding hydrogens is 484 g/mol. The van der Waals surface area contributed by atoms with Crippen molar-refractivity contribution < 1.29 is 14.3 Å². The Morgan fingerprint density at radius 2 is 1.84 bits per heavy atom. The number of fused-ring (bicyclic) bond motifs is 1. The van der Waals surface area contributed by atoms with Crippen molar-refractivity contribution in [2.75, 3.05) is 11.9 Å². The number of ether oxygens (including phenoxy) is 2. The summed E-state index contributed by atoms with van der Waals surface area (Å²) in [5.74, 6) is 1.81. The molecule has 3 aromatic rings. The molecule has 1 unspecified atom stereocenters. The maximum Gasteiger partial charge on any atom is 0.338 e. The third kappa shape index (κ3) is 5.85. The summed E-state index contributed by atoms with van der Waals surface area (Å²) in [4.78, 5) is 18.5. The molecule has 0 amide bonds. The predicted molar refractivity (Wildman–Crippen MR) is 146 cm³/mol. The Hall–Kier alpha value is -3.26. The van der Waals surface area contributed by atoms with Crippen LogP contribution in [0.25, 0.3) is 0 Å². The molecule has 1 aliphatic heterocycles. The summed E-state index contributed by atoms with van der Waals surface area (Å²) in [5, 5.41) is 8.84. The molecule has 0 spiro atoms. The molecule has 1 fully saturated rings. The van der Waals surface area contributed by atoms with E-state index >= 15 is 0 Å². The lowest BCUT2D eigenvalue weighted by Gasteiger charge is -2.30. The molecule has 1 aromatic heterocycles. The topological polar surface area (TPSA) is 78.3 Å². The molecule has 5 rings (SSSR count). The number of allylic oxidation sites excluding steroid dienone is 1. The fourth-order valence-corrected chi connectivity index (χ4v) is 5.70. The molecule has 2 aromatic carbocycles. The molecule has 37 heavy (non-hydrogen) atoms. The van der Waals surface area contributed by atoms with E-state index in [2.05, 4.69) is 24.4 Å². The minimum atomic E-state index is -0.501. The van der Waals surface area contributed by atoms with Gasteiger partial charge in [-0.05, 0) is 50.7 Å². The number of aromatic nitrogens is 3. The zero-order valence-corrected chi connectivity index (χ0v) is 22.3. The Morgan fingerprint density at radius 1 is 1.08 bits per heavy atom. The lowest BCUT2D eigenvalue weighted by molar-refractivity contribution is -0.146. The summed E-state index contributed by atoms with van der Waals surface area (Å²) < 4.78 is 14.0. The number of hydrogen-bond donors (Lipinski definition) is 1. The fourth-order valence-electron chi connectivity index (χ4n) is 4.91. The van der Waals surface area contributed by atoms with E-state index in [1.54, 1.807) is 11.8 Å². The fraction of sp³-hybridized carbons (Fsp3) is 0.414. The van der Waals surface area contributed by atoms with Crippen LogP contribution in [0.15, 0.2) is 71.0 Å². The highest BCUT2D eigenvalue weighted by Crippen LogP contribution is 2.41. The molecule has 1 aliphatic carbocycles. The molecule has 1 saturated carbocycles. The van der Waals surface area contributed by atoms with Crippen LogP contribution in [0.3, 0.4) is 0 Å². The molecule has 1 N–H and O–H groups in total. The van der Waals surface area contributed by atoms with Gasteiger partial charge in [0.25, 0.3) is 0 Å². The van der Waals surface area contributed by atoms with Crippen molar-refractivity contribution >= 4 is 23.7 Å². The number of carbonyl (C=O) groups is 1. The Kier molecular flexibility index (Phi) is 8.14. The van der Waals surface area contributed by atoms with Crippen molar-refractivity contribution in [3.8, 4) is 5.75 Å². The van der Waals surface area contributed by atoms with E-state index in [9.17, 15) is 4.79 Å². The van der Waals surface area contributed by atoms with Gasteiger partial charge in [0, 0.05) is 17.0 Å². The van der Waals surface area contributed by atoms with Crippen LogP contribution in [0, 0.1) is 0 Å². The minimum absolute atomic E-state index is 0.0390. The number of nitrogens with zero attached hydrogens (tertiary/aromatic N) is 3. The number of benzene rings is 2. The van der Waals surface area contributed by atoms with Gasteiger partial charge in [-0.1, -0.05) is 73.6 Å². The standard InChI is InChI=1S/C29H34N4O3S/c1-3-18-35-24-17-11-10-16-23(24)26-25(27(34)36-22-14-8-5-9-15-22)20(2)30-28-31-29(32-33(26)28)37-19-21-12-6-4-7-13-21/h4,6-7,10-13,16-17,22,26H,3,5,8-9,14-15,18-19H2,1-2H3,(H,30,31,32). The van der Waals surface area contributed by atoms with Crippen molar-refractivity contribution in [1.29, 1.82) is 0 Å². The van der Waals surface area contributed by atoms with Gasteiger partial charge in [0.15, 0.2) is 0 Å². The average Bonchev–Trinajstić information content (AvgIpc) is 3.33. The third-order valence-electron chi connectivity index (χ3n) is 6.77. The zero-order valence-electron chi connectivity index (χ0n) is 21.5. The summed E-state index contributed by atoms with van der Waals surface area (Å²) in [5.41, 5.74) is 3.36. The van der Waals surface area contributed by atoms with Gasteiger partial charge in [-0.25, -0.2) is 9.48 Å². The molecule has 1 atom stereocenters.